The molecule has 1 saturated heterocycles. The Morgan fingerprint density at radius 3 is 2.81 bits per heavy atom. The fourth-order valence-corrected chi connectivity index (χ4v) is 2.13. The van der Waals surface area contributed by atoms with Gasteiger partial charge < -0.3 is 10.0 Å². The maximum absolute atomic E-state index is 11.5. The summed E-state index contributed by atoms with van der Waals surface area (Å²) in [6.07, 6.45) is 6.05. The second-order valence-corrected chi connectivity index (χ2v) is 4.28. The van der Waals surface area contributed by atoms with Crippen LogP contribution in [0.15, 0.2) is 0 Å². The summed E-state index contributed by atoms with van der Waals surface area (Å²) in [5.74, 6) is 0.177. The molecular weight excluding hydrogens is 204 g/mol. The van der Waals surface area contributed by atoms with Crippen molar-refractivity contribution in [2.45, 2.75) is 51.0 Å². The lowest BCUT2D eigenvalue weighted by Crippen LogP contribution is -2.36. The molecule has 1 N–H and O–H groups in total. The maximum Gasteiger partial charge on any atom is 0.222 e. The molecule has 4 heteroatoms. The molecule has 1 aliphatic rings. The zero-order valence-corrected chi connectivity index (χ0v) is 9.69. The summed E-state index contributed by atoms with van der Waals surface area (Å²) in [6, 6.07) is 2.17. The van der Waals surface area contributed by atoms with Crippen LogP contribution in [0.1, 0.15) is 44.9 Å². The number of aliphatic hydroxyl groups excluding tert-OH is 1. The van der Waals surface area contributed by atoms with Crippen LogP contribution in [0.3, 0.4) is 0 Å². The summed E-state index contributed by atoms with van der Waals surface area (Å²) >= 11 is 0. The lowest BCUT2D eigenvalue weighted by Gasteiger charge is -2.22. The molecule has 0 unspecified atom stereocenters. The van der Waals surface area contributed by atoms with Crippen LogP contribution in [-0.2, 0) is 4.79 Å². The minimum atomic E-state index is 0.0478. The monoisotopic (exact) mass is 224 g/mol. The third kappa shape index (κ3) is 3.82. The van der Waals surface area contributed by atoms with Crippen molar-refractivity contribution in [3.05, 3.63) is 0 Å². The smallest absolute Gasteiger partial charge is 0.222 e. The van der Waals surface area contributed by atoms with Gasteiger partial charge in [0.1, 0.15) is 0 Å². The third-order valence-electron chi connectivity index (χ3n) is 3.10. The number of carbonyl (C=O) groups excluding carboxylic acids is 1. The van der Waals surface area contributed by atoms with Crippen molar-refractivity contribution in [2.75, 3.05) is 13.2 Å². The minimum absolute atomic E-state index is 0.0478. The molecule has 0 bridgehead atoms. The number of nitrogens with zero attached hydrogens (tertiary/aromatic N) is 2. The van der Waals surface area contributed by atoms with Gasteiger partial charge in [-0.3, -0.25) is 4.79 Å². The predicted octanol–water partition coefficient (Wildman–Crippen LogP) is 1.44. The summed E-state index contributed by atoms with van der Waals surface area (Å²) in [5.41, 5.74) is 0. The van der Waals surface area contributed by atoms with Gasteiger partial charge in [-0.15, -0.1) is 0 Å². The van der Waals surface area contributed by atoms with E-state index in [4.69, 9.17) is 10.4 Å². The second-order valence-electron chi connectivity index (χ2n) is 4.28. The van der Waals surface area contributed by atoms with E-state index in [1.54, 1.807) is 0 Å². The van der Waals surface area contributed by atoms with E-state index in [1.165, 1.54) is 0 Å². The molecule has 0 aromatic heterocycles. The fraction of sp³-hybridized carbons (Fsp3) is 0.833. The van der Waals surface area contributed by atoms with Crippen LogP contribution < -0.4 is 0 Å². The van der Waals surface area contributed by atoms with Crippen molar-refractivity contribution < 1.29 is 9.90 Å². The number of unbranched alkanes of at least 4 members (excludes halogenated alkanes) is 4. The van der Waals surface area contributed by atoms with E-state index in [2.05, 4.69) is 6.07 Å². The first kappa shape index (κ1) is 13.0. The highest BCUT2D eigenvalue weighted by Gasteiger charge is 2.29. The number of amides is 1. The standard InChI is InChI=1S/C12H20N2O2/c13-8-4-2-1-3-5-9-14-11(10-15)6-7-12(14)16/h11,15H,1-7,9-10H2/t11-/m1/s1. The van der Waals surface area contributed by atoms with Crippen LogP contribution >= 0.6 is 0 Å². The molecule has 16 heavy (non-hydrogen) atoms. The van der Waals surface area contributed by atoms with E-state index in [-0.39, 0.29) is 18.6 Å². The van der Waals surface area contributed by atoms with Gasteiger partial charge in [0, 0.05) is 19.4 Å². The van der Waals surface area contributed by atoms with Gasteiger partial charge in [-0.05, 0) is 19.3 Å². The van der Waals surface area contributed by atoms with Crippen LogP contribution in [-0.4, -0.2) is 35.1 Å². The van der Waals surface area contributed by atoms with Crippen molar-refractivity contribution in [1.82, 2.24) is 4.90 Å². The summed E-state index contributed by atoms with van der Waals surface area (Å²) < 4.78 is 0. The molecule has 4 nitrogen and oxygen atoms in total. The lowest BCUT2D eigenvalue weighted by atomic mass is 10.1. The van der Waals surface area contributed by atoms with Gasteiger partial charge in [0.25, 0.3) is 0 Å². The first-order valence-corrected chi connectivity index (χ1v) is 6.07. The molecule has 1 rings (SSSR count). The van der Waals surface area contributed by atoms with E-state index in [9.17, 15) is 4.79 Å². The number of aliphatic hydroxyl groups is 1. The highest BCUT2D eigenvalue weighted by molar-refractivity contribution is 5.78. The van der Waals surface area contributed by atoms with Crippen molar-refractivity contribution in [1.29, 1.82) is 5.26 Å². The molecule has 0 radical (unpaired) electrons. The van der Waals surface area contributed by atoms with Gasteiger partial charge in [-0.2, -0.15) is 5.26 Å². The Morgan fingerprint density at radius 2 is 2.12 bits per heavy atom. The number of hydrogen-bond donors (Lipinski definition) is 1. The van der Waals surface area contributed by atoms with Crippen LogP contribution in [0.4, 0.5) is 0 Å². The van der Waals surface area contributed by atoms with Gasteiger partial charge in [-0.25, -0.2) is 0 Å². The molecule has 0 aromatic rings. The average Bonchev–Trinajstić information content (AvgIpc) is 2.65. The fourth-order valence-electron chi connectivity index (χ4n) is 2.13. The van der Waals surface area contributed by atoms with Crippen molar-refractivity contribution in [3.63, 3.8) is 0 Å². The summed E-state index contributed by atoms with van der Waals surface area (Å²) in [5, 5.41) is 17.5. The topological polar surface area (TPSA) is 64.3 Å². The number of carbonyl (C=O) groups is 1. The molecule has 0 aromatic carbocycles. The average molecular weight is 224 g/mol. The predicted molar refractivity (Wildman–Crippen MR) is 60.5 cm³/mol. The van der Waals surface area contributed by atoms with E-state index in [0.29, 0.717) is 12.8 Å². The molecule has 1 heterocycles. The Labute approximate surface area is 96.9 Å². The summed E-state index contributed by atoms with van der Waals surface area (Å²) in [7, 11) is 0. The van der Waals surface area contributed by atoms with E-state index >= 15 is 0 Å². The van der Waals surface area contributed by atoms with E-state index in [0.717, 1.165) is 38.6 Å². The molecular formula is C12H20N2O2. The highest BCUT2D eigenvalue weighted by atomic mass is 16.3. The number of likely N-dealkylation sites (tertiary alicyclic amines) is 1. The Kier molecular flexibility index (Phi) is 5.87. The second kappa shape index (κ2) is 7.24. The molecule has 1 aliphatic heterocycles. The molecule has 90 valence electrons. The number of nitriles is 1. The molecule has 1 atom stereocenters. The van der Waals surface area contributed by atoms with Gasteiger partial charge in [-0.1, -0.05) is 12.8 Å². The quantitative estimate of drug-likeness (QED) is 0.665. The van der Waals surface area contributed by atoms with E-state index < -0.39 is 0 Å². The van der Waals surface area contributed by atoms with Gasteiger partial charge >= 0.3 is 0 Å². The Morgan fingerprint density at radius 1 is 1.38 bits per heavy atom. The zero-order valence-electron chi connectivity index (χ0n) is 9.69. The van der Waals surface area contributed by atoms with Crippen molar-refractivity contribution in [2.24, 2.45) is 0 Å². The lowest BCUT2D eigenvalue weighted by molar-refractivity contribution is -0.129. The van der Waals surface area contributed by atoms with Gasteiger partial charge in [0.2, 0.25) is 5.91 Å². The third-order valence-corrected chi connectivity index (χ3v) is 3.10. The van der Waals surface area contributed by atoms with E-state index in [1.807, 2.05) is 4.90 Å². The molecule has 1 fully saturated rings. The minimum Gasteiger partial charge on any atom is -0.394 e. The molecule has 0 spiro atoms. The van der Waals surface area contributed by atoms with Crippen LogP contribution in [0, 0.1) is 11.3 Å². The first-order chi connectivity index (χ1) is 7.79. The van der Waals surface area contributed by atoms with Crippen molar-refractivity contribution in [3.8, 4) is 6.07 Å². The normalized spacial score (nSPS) is 20.1. The number of hydrogen-bond acceptors (Lipinski definition) is 3. The maximum atomic E-state index is 11.5. The largest absolute Gasteiger partial charge is 0.394 e. The Bertz CT molecular complexity index is 260. The zero-order chi connectivity index (χ0) is 11.8. The van der Waals surface area contributed by atoms with Crippen LogP contribution in [0.5, 0.6) is 0 Å². The first-order valence-electron chi connectivity index (χ1n) is 6.07. The summed E-state index contributed by atoms with van der Waals surface area (Å²) in [6.45, 7) is 0.844. The molecule has 1 amide bonds. The number of rotatable bonds is 7. The Balaban J connectivity index is 2.12. The van der Waals surface area contributed by atoms with Gasteiger partial charge in [0.05, 0.1) is 18.7 Å². The van der Waals surface area contributed by atoms with Crippen LogP contribution in [0.2, 0.25) is 0 Å². The highest BCUT2D eigenvalue weighted by Crippen LogP contribution is 2.19. The summed E-state index contributed by atoms with van der Waals surface area (Å²) in [4.78, 5) is 13.3. The SMILES string of the molecule is N#CCCCCCCN1C(=O)CC[C@@H]1CO. The van der Waals surface area contributed by atoms with Crippen LogP contribution in [0.25, 0.3) is 0 Å². The van der Waals surface area contributed by atoms with Gasteiger partial charge in [0.15, 0.2) is 0 Å². The molecule has 0 aliphatic carbocycles. The van der Waals surface area contributed by atoms with Crippen molar-refractivity contribution >= 4 is 5.91 Å². The molecule has 0 saturated carbocycles. The Hall–Kier alpha value is -1.08.